The van der Waals surface area contributed by atoms with E-state index in [0.29, 0.717) is 44.5 Å². The summed E-state index contributed by atoms with van der Waals surface area (Å²) >= 11 is 0. The van der Waals surface area contributed by atoms with Gasteiger partial charge in [-0.3, -0.25) is 28.9 Å². The minimum atomic E-state index is -0.451. The maximum Gasteiger partial charge on any atom is 0.315 e. The summed E-state index contributed by atoms with van der Waals surface area (Å²) in [5.74, 6) is -1.47. The van der Waals surface area contributed by atoms with Crippen LogP contribution in [0.25, 0.3) is 43.1 Å². The van der Waals surface area contributed by atoms with Crippen molar-refractivity contribution in [3.05, 3.63) is 119 Å². The summed E-state index contributed by atoms with van der Waals surface area (Å²) in [4.78, 5) is 71.5. The van der Waals surface area contributed by atoms with Crippen LogP contribution in [0.2, 0.25) is 0 Å². The minimum Gasteiger partial charge on any atom is -0.426 e. The summed E-state index contributed by atoms with van der Waals surface area (Å²) in [5.41, 5.74) is 3.19. The van der Waals surface area contributed by atoms with Gasteiger partial charge in [-0.1, -0.05) is 74.8 Å². The number of hydrogen-bond acceptors (Lipinski definition) is 6. The molecule has 0 fully saturated rings. The smallest absolute Gasteiger partial charge is 0.315 e. The largest absolute Gasteiger partial charge is 0.426 e. The van der Waals surface area contributed by atoms with Crippen LogP contribution >= 0.6 is 0 Å². The quantitative estimate of drug-likeness (QED) is 0.0494. The van der Waals surface area contributed by atoms with Crippen molar-refractivity contribution in [2.75, 3.05) is 4.90 Å². The van der Waals surface area contributed by atoms with E-state index in [-0.39, 0.29) is 30.2 Å². The molecule has 0 spiro atoms. The third kappa shape index (κ3) is 4.56. The topological polar surface area (TPSA) is 101 Å². The van der Waals surface area contributed by atoms with Crippen molar-refractivity contribution in [2.24, 2.45) is 0 Å². The number of carbonyl (C=O) groups is 5. The number of benzene rings is 6. The van der Waals surface area contributed by atoms with Gasteiger partial charge in [0.05, 0.1) is 12.1 Å². The normalized spacial score (nSPS) is 15.4. The summed E-state index contributed by atoms with van der Waals surface area (Å²) in [6.07, 6.45) is 9.98. The fraction of sp³-hybridized carbons (Fsp3) is 0.205. The van der Waals surface area contributed by atoms with E-state index in [1.807, 2.05) is 54.6 Å². The summed E-state index contributed by atoms with van der Waals surface area (Å²) in [5, 5.41) is 6.26. The predicted octanol–water partition coefficient (Wildman–Crippen LogP) is 9.28. The molecular formula is C44H34N2O6. The van der Waals surface area contributed by atoms with E-state index in [1.165, 1.54) is 4.90 Å². The third-order valence-electron chi connectivity index (χ3n) is 10.8. The van der Waals surface area contributed by atoms with E-state index < -0.39 is 11.8 Å². The summed E-state index contributed by atoms with van der Waals surface area (Å²) in [6, 6.07) is 21.1. The first-order chi connectivity index (χ1) is 25.3. The summed E-state index contributed by atoms with van der Waals surface area (Å²) in [7, 11) is 0. The molecule has 0 radical (unpaired) electrons. The second kappa shape index (κ2) is 12.0. The molecule has 0 atom stereocenters. The van der Waals surface area contributed by atoms with Crippen LogP contribution in [0.4, 0.5) is 5.69 Å². The Kier molecular flexibility index (Phi) is 7.33. The van der Waals surface area contributed by atoms with E-state index in [9.17, 15) is 24.0 Å². The van der Waals surface area contributed by atoms with Crippen LogP contribution in [0.1, 0.15) is 93.8 Å². The molecule has 52 heavy (non-hydrogen) atoms. The first kappa shape index (κ1) is 31.8. The SMILES string of the molecule is CCCC(CCC)N1C(=O)c2ccc3c4ccc5c6c(ccc(c7ccc(c2c37)C1=O)c64)C(=O)N(c1ccc(OC(=O)CC2=CC=CC2)cc1)C5=O. The number of hydrogen-bond donors (Lipinski definition) is 0. The Morgan fingerprint density at radius 3 is 1.56 bits per heavy atom. The molecule has 8 heteroatoms. The molecule has 0 N–H and O–H groups in total. The number of amides is 4. The van der Waals surface area contributed by atoms with Crippen LogP contribution in [0.5, 0.6) is 5.75 Å². The molecule has 0 saturated carbocycles. The van der Waals surface area contributed by atoms with E-state index in [4.69, 9.17) is 4.74 Å². The Morgan fingerprint density at radius 1 is 0.635 bits per heavy atom. The lowest BCUT2D eigenvalue weighted by Gasteiger charge is -2.34. The van der Waals surface area contributed by atoms with Gasteiger partial charge in [-0.25, -0.2) is 4.90 Å². The Labute approximate surface area is 299 Å². The van der Waals surface area contributed by atoms with Gasteiger partial charge in [0.25, 0.3) is 23.6 Å². The number of carbonyl (C=O) groups excluding carboxylic acids is 5. The highest BCUT2D eigenvalue weighted by molar-refractivity contribution is 6.43. The Hall–Kier alpha value is -6.15. The van der Waals surface area contributed by atoms with E-state index in [2.05, 4.69) is 13.8 Å². The van der Waals surface area contributed by atoms with Crippen molar-refractivity contribution in [1.29, 1.82) is 0 Å². The second-order valence-corrected chi connectivity index (χ2v) is 13.9. The lowest BCUT2D eigenvalue weighted by atomic mass is 9.82. The lowest BCUT2D eigenvalue weighted by Crippen LogP contribution is -2.47. The maximum absolute atomic E-state index is 14.1. The molecule has 256 valence electrons. The zero-order chi connectivity index (χ0) is 35.8. The average Bonchev–Trinajstić information content (AvgIpc) is 3.66. The molecule has 8 nitrogen and oxygen atoms in total. The number of allylic oxidation sites excluding steroid dienone is 3. The van der Waals surface area contributed by atoms with Crippen molar-refractivity contribution in [2.45, 2.75) is 58.4 Å². The van der Waals surface area contributed by atoms with Crippen molar-refractivity contribution in [3.8, 4) is 5.75 Å². The molecule has 0 aromatic heterocycles. The highest BCUT2D eigenvalue weighted by atomic mass is 16.5. The molecule has 6 aromatic carbocycles. The zero-order valence-electron chi connectivity index (χ0n) is 28.8. The molecule has 3 aliphatic rings. The molecule has 0 unspecified atom stereocenters. The number of fused-ring (bicyclic) bond motifs is 2. The number of nitrogens with zero attached hydrogens (tertiary/aromatic N) is 2. The fourth-order valence-corrected chi connectivity index (χ4v) is 8.56. The molecule has 2 heterocycles. The van der Waals surface area contributed by atoms with Crippen molar-refractivity contribution in [1.82, 2.24) is 4.90 Å². The first-order valence-electron chi connectivity index (χ1n) is 17.9. The van der Waals surface area contributed by atoms with Gasteiger partial charge in [0.2, 0.25) is 0 Å². The van der Waals surface area contributed by atoms with Crippen molar-refractivity contribution >= 4 is 78.4 Å². The van der Waals surface area contributed by atoms with Crippen molar-refractivity contribution in [3.63, 3.8) is 0 Å². The standard InChI is InChI=1S/C44H34N2O6/c1-3-7-25(8-4-2)45-41(48)32-19-15-28-30-17-21-34-40-35(22-18-31(38(30)40)29-16-20-33(42(45)49)39(32)37(28)29)44(51)46(43(34)50)26-11-13-27(14-12-26)52-36(47)23-24-9-5-6-10-24/h5-6,9,11-22,25H,3-4,7-8,10,23H2,1-2H3. The maximum atomic E-state index is 14.1. The van der Waals surface area contributed by atoms with Crippen LogP contribution in [-0.2, 0) is 4.79 Å². The van der Waals surface area contributed by atoms with Gasteiger partial charge in [-0.2, -0.15) is 0 Å². The summed E-state index contributed by atoms with van der Waals surface area (Å²) < 4.78 is 5.51. The van der Waals surface area contributed by atoms with Gasteiger partial charge in [0.15, 0.2) is 0 Å². The number of esters is 1. The molecule has 1 aliphatic carbocycles. The van der Waals surface area contributed by atoms with E-state index in [0.717, 1.165) is 74.9 Å². The number of ether oxygens (including phenoxy) is 1. The average molecular weight is 687 g/mol. The molecule has 4 amide bonds. The van der Waals surface area contributed by atoms with E-state index in [1.54, 1.807) is 36.4 Å². The number of imide groups is 2. The van der Waals surface area contributed by atoms with Crippen LogP contribution in [0.15, 0.2) is 96.6 Å². The van der Waals surface area contributed by atoms with Crippen LogP contribution in [0.3, 0.4) is 0 Å². The lowest BCUT2D eigenvalue weighted by molar-refractivity contribution is -0.133. The summed E-state index contributed by atoms with van der Waals surface area (Å²) in [6.45, 7) is 4.14. The molecule has 0 saturated heterocycles. The van der Waals surface area contributed by atoms with Crippen LogP contribution in [0, 0.1) is 0 Å². The first-order valence-corrected chi connectivity index (χ1v) is 17.9. The van der Waals surface area contributed by atoms with Gasteiger partial charge >= 0.3 is 5.97 Å². The van der Waals surface area contributed by atoms with Gasteiger partial charge in [0, 0.05) is 39.1 Å². The third-order valence-corrected chi connectivity index (χ3v) is 10.8. The van der Waals surface area contributed by atoms with E-state index >= 15 is 0 Å². The predicted molar refractivity (Wildman–Crippen MR) is 201 cm³/mol. The Morgan fingerprint density at radius 2 is 1.12 bits per heavy atom. The zero-order valence-corrected chi connectivity index (χ0v) is 28.8. The van der Waals surface area contributed by atoms with Crippen LogP contribution in [-0.4, -0.2) is 40.5 Å². The van der Waals surface area contributed by atoms with Crippen LogP contribution < -0.4 is 9.64 Å². The fourth-order valence-electron chi connectivity index (χ4n) is 8.56. The number of anilines is 1. The van der Waals surface area contributed by atoms with Gasteiger partial charge in [-0.15, -0.1) is 0 Å². The van der Waals surface area contributed by atoms with Gasteiger partial charge in [-0.05, 0) is 100 Å². The van der Waals surface area contributed by atoms with Crippen molar-refractivity contribution < 1.29 is 28.7 Å². The Bertz CT molecular complexity index is 2510. The minimum absolute atomic E-state index is 0.158. The molecule has 6 aromatic rings. The second-order valence-electron chi connectivity index (χ2n) is 13.9. The molecule has 0 bridgehead atoms. The Balaban J connectivity index is 1.12. The molecule has 2 aliphatic heterocycles. The monoisotopic (exact) mass is 686 g/mol. The van der Waals surface area contributed by atoms with Gasteiger partial charge in [0.1, 0.15) is 5.75 Å². The van der Waals surface area contributed by atoms with Gasteiger partial charge < -0.3 is 4.74 Å². The molecule has 9 rings (SSSR count). The highest BCUT2D eigenvalue weighted by Crippen LogP contribution is 2.47. The molecular weight excluding hydrogens is 652 g/mol. The number of rotatable bonds is 9. The highest BCUT2D eigenvalue weighted by Gasteiger charge is 2.39.